The Morgan fingerprint density at radius 3 is 0.950 bits per heavy atom. The molecule has 1 rings (SSSR count). The Bertz CT molecular complexity index is 236. The summed E-state index contributed by atoms with van der Waals surface area (Å²) in [4.78, 5) is 0. The molecule has 0 amide bonds. The first-order valence-corrected chi connectivity index (χ1v) is 7.31. The van der Waals surface area contributed by atoms with Gasteiger partial charge in [-0.25, -0.2) is 0 Å². The van der Waals surface area contributed by atoms with Crippen molar-refractivity contribution in [1.29, 1.82) is 0 Å². The van der Waals surface area contributed by atoms with Gasteiger partial charge in [-0.05, 0) is 48.3 Å². The van der Waals surface area contributed by atoms with Gasteiger partial charge in [0, 0.05) is 39.6 Å². The summed E-state index contributed by atoms with van der Waals surface area (Å²) in [5.74, 6) is -1.46. The molecule has 6 heteroatoms. The Kier molecular flexibility index (Phi) is 7.94. The molecule has 20 heavy (non-hydrogen) atoms. The van der Waals surface area contributed by atoms with Crippen LogP contribution in [0.2, 0.25) is 0 Å². The normalized spacial score (nSPS) is 39.3. The van der Waals surface area contributed by atoms with Crippen molar-refractivity contribution in [2.24, 2.45) is 35.5 Å². The Labute approximate surface area is 119 Å². The van der Waals surface area contributed by atoms with Gasteiger partial charge in [-0.15, -0.1) is 0 Å². The minimum atomic E-state index is -0.309. The molecule has 0 bridgehead atoms. The molecule has 0 aromatic heterocycles. The van der Waals surface area contributed by atoms with Gasteiger partial charge in [0.25, 0.3) is 0 Å². The molecule has 0 saturated heterocycles. The Morgan fingerprint density at radius 2 is 0.750 bits per heavy atom. The first-order chi connectivity index (χ1) is 9.66. The first-order valence-electron chi connectivity index (χ1n) is 7.31. The summed E-state index contributed by atoms with van der Waals surface area (Å²) in [7, 11) is 0. The summed E-state index contributed by atoms with van der Waals surface area (Å²) in [6, 6.07) is 0. The molecule has 1 aliphatic carbocycles. The third kappa shape index (κ3) is 3.90. The van der Waals surface area contributed by atoms with E-state index in [0.29, 0.717) is 12.8 Å². The van der Waals surface area contributed by atoms with E-state index in [4.69, 9.17) is 0 Å². The summed E-state index contributed by atoms with van der Waals surface area (Å²) in [5, 5.41) is 57.3. The summed E-state index contributed by atoms with van der Waals surface area (Å²) in [5.41, 5.74) is 0. The van der Waals surface area contributed by atoms with Crippen LogP contribution in [0.4, 0.5) is 0 Å². The van der Waals surface area contributed by atoms with E-state index in [9.17, 15) is 30.6 Å². The largest absolute Gasteiger partial charge is 0.396 e. The van der Waals surface area contributed by atoms with Crippen molar-refractivity contribution in [2.75, 3.05) is 39.6 Å². The van der Waals surface area contributed by atoms with E-state index in [1.165, 1.54) is 0 Å². The molecule has 120 valence electrons. The Hall–Kier alpha value is -0.240. The van der Waals surface area contributed by atoms with Crippen LogP contribution in [0.15, 0.2) is 0 Å². The van der Waals surface area contributed by atoms with Gasteiger partial charge in [0.1, 0.15) is 0 Å². The summed E-state index contributed by atoms with van der Waals surface area (Å²) in [6.45, 7) is -0.823. The molecule has 0 radical (unpaired) electrons. The minimum absolute atomic E-state index is 0.0954. The standard InChI is InChI=1S/C14H28O6/c15-3-9-1-11(5-17)13(7-19)14(8-20)12(6-18)2-10(9)4-16/h9-20H,1-8H2/t9-,10+,11-,12-,13+,14+/m0/s1. The van der Waals surface area contributed by atoms with Gasteiger partial charge in [-0.3, -0.25) is 0 Å². The van der Waals surface area contributed by atoms with Crippen LogP contribution in [0.25, 0.3) is 0 Å². The zero-order valence-electron chi connectivity index (χ0n) is 11.8. The predicted molar refractivity (Wildman–Crippen MR) is 72.7 cm³/mol. The van der Waals surface area contributed by atoms with Crippen molar-refractivity contribution in [1.82, 2.24) is 0 Å². The lowest BCUT2D eigenvalue weighted by Crippen LogP contribution is -2.43. The van der Waals surface area contributed by atoms with Crippen molar-refractivity contribution >= 4 is 0 Å². The van der Waals surface area contributed by atoms with Gasteiger partial charge in [0.15, 0.2) is 0 Å². The fourth-order valence-electron chi connectivity index (χ4n) is 3.65. The molecule has 0 aromatic rings. The van der Waals surface area contributed by atoms with Gasteiger partial charge in [0.05, 0.1) is 0 Å². The van der Waals surface area contributed by atoms with Crippen LogP contribution in [0.3, 0.4) is 0 Å². The van der Waals surface area contributed by atoms with Gasteiger partial charge < -0.3 is 30.6 Å². The highest BCUT2D eigenvalue weighted by Gasteiger charge is 2.40. The van der Waals surface area contributed by atoms with Crippen LogP contribution >= 0.6 is 0 Å². The smallest absolute Gasteiger partial charge is 0.0466 e. The van der Waals surface area contributed by atoms with Gasteiger partial charge in [-0.1, -0.05) is 0 Å². The van der Waals surface area contributed by atoms with Crippen LogP contribution in [0.5, 0.6) is 0 Å². The fraction of sp³-hybridized carbons (Fsp3) is 1.00. The highest BCUT2D eigenvalue weighted by molar-refractivity contribution is 4.88. The van der Waals surface area contributed by atoms with Gasteiger partial charge in [-0.2, -0.15) is 0 Å². The summed E-state index contributed by atoms with van der Waals surface area (Å²) < 4.78 is 0. The zero-order chi connectivity index (χ0) is 15.1. The van der Waals surface area contributed by atoms with Crippen molar-refractivity contribution in [3.8, 4) is 0 Å². The second-order valence-electron chi connectivity index (χ2n) is 5.93. The summed E-state index contributed by atoms with van der Waals surface area (Å²) >= 11 is 0. The van der Waals surface area contributed by atoms with E-state index < -0.39 is 0 Å². The number of aliphatic hydroxyl groups is 6. The van der Waals surface area contributed by atoms with Crippen LogP contribution < -0.4 is 0 Å². The first kappa shape index (κ1) is 17.8. The van der Waals surface area contributed by atoms with Gasteiger partial charge >= 0.3 is 0 Å². The number of rotatable bonds is 6. The van der Waals surface area contributed by atoms with Gasteiger partial charge in [0.2, 0.25) is 0 Å². The molecule has 6 nitrogen and oxygen atoms in total. The quantitative estimate of drug-likeness (QED) is 0.352. The van der Waals surface area contributed by atoms with E-state index in [1.54, 1.807) is 0 Å². The van der Waals surface area contributed by atoms with E-state index in [1.807, 2.05) is 0 Å². The SMILES string of the molecule is OC[C@@H]1C[C@@H](CO)[C@@H](CO)[C@H](CO)[C@H](CO)C[C@@H]1CO. The third-order valence-corrected chi connectivity index (χ3v) is 5.00. The Balaban J connectivity index is 3.04. The minimum Gasteiger partial charge on any atom is -0.396 e. The highest BCUT2D eigenvalue weighted by Crippen LogP contribution is 2.39. The molecule has 0 unspecified atom stereocenters. The second kappa shape index (κ2) is 8.92. The molecular formula is C14H28O6. The number of aliphatic hydroxyl groups excluding tert-OH is 6. The van der Waals surface area contributed by atoms with Crippen LogP contribution in [0.1, 0.15) is 12.8 Å². The molecule has 1 fully saturated rings. The third-order valence-electron chi connectivity index (χ3n) is 5.00. The van der Waals surface area contributed by atoms with Crippen LogP contribution in [0, 0.1) is 35.5 Å². The highest BCUT2D eigenvalue weighted by atomic mass is 16.3. The molecule has 0 heterocycles. The maximum atomic E-state index is 9.59. The molecule has 0 spiro atoms. The molecule has 6 N–H and O–H groups in total. The van der Waals surface area contributed by atoms with Crippen molar-refractivity contribution in [2.45, 2.75) is 12.8 Å². The molecular weight excluding hydrogens is 264 g/mol. The predicted octanol–water partition coefficient (Wildman–Crippen LogP) is -1.57. The van der Waals surface area contributed by atoms with E-state index >= 15 is 0 Å². The maximum Gasteiger partial charge on any atom is 0.0466 e. The topological polar surface area (TPSA) is 121 Å². The zero-order valence-corrected chi connectivity index (χ0v) is 11.8. The van der Waals surface area contributed by atoms with Crippen LogP contribution in [-0.2, 0) is 0 Å². The lowest BCUT2D eigenvalue weighted by atomic mass is 9.65. The number of hydrogen-bond acceptors (Lipinski definition) is 6. The maximum absolute atomic E-state index is 9.59. The average molecular weight is 292 g/mol. The lowest BCUT2D eigenvalue weighted by Gasteiger charge is -2.42. The number of hydrogen-bond donors (Lipinski definition) is 6. The van der Waals surface area contributed by atoms with Crippen molar-refractivity contribution in [3.63, 3.8) is 0 Å². The molecule has 1 aliphatic rings. The molecule has 0 aliphatic heterocycles. The average Bonchev–Trinajstić information content (AvgIpc) is 2.48. The fourth-order valence-corrected chi connectivity index (χ4v) is 3.65. The molecule has 6 atom stereocenters. The van der Waals surface area contributed by atoms with Crippen LogP contribution in [-0.4, -0.2) is 70.3 Å². The molecule has 1 saturated carbocycles. The summed E-state index contributed by atoms with van der Waals surface area (Å²) in [6.07, 6.45) is 0.996. The van der Waals surface area contributed by atoms with Crippen molar-refractivity contribution in [3.05, 3.63) is 0 Å². The van der Waals surface area contributed by atoms with E-state index in [-0.39, 0.29) is 75.1 Å². The van der Waals surface area contributed by atoms with E-state index in [2.05, 4.69) is 0 Å². The lowest BCUT2D eigenvalue weighted by molar-refractivity contribution is -0.0425. The molecule has 0 aromatic carbocycles. The van der Waals surface area contributed by atoms with Crippen molar-refractivity contribution < 1.29 is 30.6 Å². The van der Waals surface area contributed by atoms with E-state index in [0.717, 1.165) is 0 Å². The Morgan fingerprint density at radius 1 is 0.450 bits per heavy atom. The monoisotopic (exact) mass is 292 g/mol. The second-order valence-corrected chi connectivity index (χ2v) is 5.93.